The molecule has 0 amide bonds. The number of hydrogen-bond donors (Lipinski definition) is 1. The van der Waals surface area contributed by atoms with Crippen molar-refractivity contribution in [3.8, 4) is 0 Å². The lowest BCUT2D eigenvalue weighted by Crippen LogP contribution is -2.36. The first kappa shape index (κ1) is 15.9. The summed E-state index contributed by atoms with van der Waals surface area (Å²) in [6, 6.07) is 1.77. The summed E-state index contributed by atoms with van der Waals surface area (Å²) < 4.78 is 27.0. The summed E-state index contributed by atoms with van der Waals surface area (Å²) >= 11 is 1.52. The largest absolute Gasteiger partial charge is 0.395 e. The molecule has 7 heteroatoms. The lowest BCUT2D eigenvalue weighted by atomic mass is 10.4. The fourth-order valence-electron chi connectivity index (χ4n) is 2.56. The molecule has 0 aliphatic carbocycles. The molecular weight excluding hydrogens is 296 g/mol. The minimum atomic E-state index is -3.38. The van der Waals surface area contributed by atoms with Crippen LogP contribution in [0.3, 0.4) is 0 Å². The Kier molecular flexibility index (Phi) is 5.19. The van der Waals surface area contributed by atoms with E-state index in [9.17, 15) is 8.42 Å². The highest BCUT2D eigenvalue weighted by atomic mass is 32.2. The van der Waals surface area contributed by atoms with Crippen molar-refractivity contribution in [2.45, 2.75) is 25.2 Å². The molecule has 20 heavy (non-hydrogen) atoms. The number of nitrogens with zero attached hydrogens (tertiary/aromatic N) is 2. The van der Waals surface area contributed by atoms with Crippen LogP contribution >= 0.6 is 11.3 Å². The molecule has 5 nitrogen and oxygen atoms in total. The van der Waals surface area contributed by atoms with Gasteiger partial charge < -0.3 is 5.11 Å². The van der Waals surface area contributed by atoms with Crippen LogP contribution in [0.2, 0.25) is 0 Å². The Labute approximate surface area is 124 Å². The standard InChI is InChI=1S/C13H22N2O3S2/c1-11-10-13(12(2)19-11)20(17,18)15-5-3-4-14(6-7-15)8-9-16/h10,16H,3-9H2,1-2H3. The van der Waals surface area contributed by atoms with E-state index in [-0.39, 0.29) is 6.61 Å². The van der Waals surface area contributed by atoms with Crippen LogP contribution in [0.5, 0.6) is 0 Å². The predicted octanol–water partition coefficient (Wildman–Crippen LogP) is 1.05. The third-order valence-corrected chi connectivity index (χ3v) is 6.70. The highest BCUT2D eigenvalue weighted by Crippen LogP contribution is 2.28. The third-order valence-electron chi connectivity index (χ3n) is 3.58. The molecule has 1 aromatic rings. The minimum Gasteiger partial charge on any atom is -0.395 e. The summed E-state index contributed by atoms with van der Waals surface area (Å²) in [7, 11) is -3.38. The maximum absolute atomic E-state index is 12.7. The molecule has 0 saturated carbocycles. The molecule has 0 bridgehead atoms. The fourth-order valence-corrected chi connectivity index (χ4v) is 5.55. The highest BCUT2D eigenvalue weighted by molar-refractivity contribution is 7.89. The van der Waals surface area contributed by atoms with Gasteiger partial charge in [0.25, 0.3) is 0 Å². The first-order valence-electron chi connectivity index (χ1n) is 6.85. The number of aliphatic hydroxyl groups is 1. The van der Waals surface area contributed by atoms with E-state index in [2.05, 4.69) is 4.90 Å². The quantitative estimate of drug-likeness (QED) is 0.901. The molecule has 1 saturated heterocycles. The number of aryl methyl sites for hydroxylation is 2. The van der Waals surface area contributed by atoms with Crippen molar-refractivity contribution in [1.29, 1.82) is 0 Å². The van der Waals surface area contributed by atoms with Crippen molar-refractivity contribution in [3.05, 3.63) is 15.8 Å². The second-order valence-corrected chi connectivity index (χ2v) is 8.47. The van der Waals surface area contributed by atoms with E-state index < -0.39 is 10.0 Å². The van der Waals surface area contributed by atoms with Gasteiger partial charge in [0.2, 0.25) is 10.0 Å². The van der Waals surface area contributed by atoms with Crippen LogP contribution in [-0.4, -0.2) is 62.1 Å². The van der Waals surface area contributed by atoms with E-state index in [4.69, 9.17) is 5.11 Å². The first-order valence-corrected chi connectivity index (χ1v) is 9.11. The molecule has 2 heterocycles. The summed E-state index contributed by atoms with van der Waals surface area (Å²) in [6.07, 6.45) is 0.807. The van der Waals surface area contributed by atoms with Gasteiger partial charge in [-0.1, -0.05) is 0 Å². The zero-order valence-electron chi connectivity index (χ0n) is 12.0. The van der Waals surface area contributed by atoms with E-state index in [1.807, 2.05) is 13.8 Å². The second kappa shape index (κ2) is 6.53. The van der Waals surface area contributed by atoms with E-state index in [0.29, 0.717) is 31.1 Å². The zero-order valence-corrected chi connectivity index (χ0v) is 13.6. The normalized spacial score (nSPS) is 19.1. The number of aliphatic hydroxyl groups excluding tert-OH is 1. The van der Waals surface area contributed by atoms with Gasteiger partial charge in [-0.05, 0) is 32.9 Å². The van der Waals surface area contributed by atoms with Gasteiger partial charge in [-0.15, -0.1) is 11.3 Å². The Hall–Kier alpha value is -0.470. The van der Waals surface area contributed by atoms with Crippen molar-refractivity contribution in [1.82, 2.24) is 9.21 Å². The molecule has 0 unspecified atom stereocenters. The summed E-state index contributed by atoms with van der Waals surface area (Å²) in [5.41, 5.74) is 0. The van der Waals surface area contributed by atoms with E-state index in [1.54, 1.807) is 10.4 Å². The Bertz CT molecular complexity index is 554. The Morgan fingerprint density at radius 3 is 2.60 bits per heavy atom. The van der Waals surface area contributed by atoms with Crippen molar-refractivity contribution >= 4 is 21.4 Å². The van der Waals surface area contributed by atoms with Gasteiger partial charge in [-0.25, -0.2) is 8.42 Å². The van der Waals surface area contributed by atoms with Crippen molar-refractivity contribution in [3.63, 3.8) is 0 Å². The average molecular weight is 318 g/mol. The summed E-state index contributed by atoms with van der Waals surface area (Å²) in [5.74, 6) is 0. The monoisotopic (exact) mass is 318 g/mol. The molecule has 0 aromatic carbocycles. The highest BCUT2D eigenvalue weighted by Gasteiger charge is 2.28. The first-order chi connectivity index (χ1) is 9.45. The van der Waals surface area contributed by atoms with Gasteiger partial charge in [0.1, 0.15) is 0 Å². The van der Waals surface area contributed by atoms with E-state index in [0.717, 1.165) is 22.7 Å². The Morgan fingerprint density at radius 1 is 1.25 bits per heavy atom. The lowest BCUT2D eigenvalue weighted by Gasteiger charge is -2.21. The molecule has 1 N–H and O–H groups in total. The summed E-state index contributed by atoms with van der Waals surface area (Å²) in [6.45, 7) is 7.11. The van der Waals surface area contributed by atoms with Crippen LogP contribution in [0.15, 0.2) is 11.0 Å². The van der Waals surface area contributed by atoms with Gasteiger partial charge in [0, 0.05) is 35.9 Å². The maximum atomic E-state index is 12.7. The van der Waals surface area contributed by atoms with Gasteiger partial charge in [0.15, 0.2) is 0 Å². The Balaban J connectivity index is 2.16. The smallest absolute Gasteiger partial charge is 0.244 e. The van der Waals surface area contributed by atoms with Crippen molar-refractivity contribution < 1.29 is 13.5 Å². The average Bonchev–Trinajstić information content (AvgIpc) is 2.61. The maximum Gasteiger partial charge on any atom is 0.244 e. The van der Waals surface area contributed by atoms with Crippen LogP contribution in [0.1, 0.15) is 16.2 Å². The van der Waals surface area contributed by atoms with Crippen LogP contribution in [0, 0.1) is 13.8 Å². The fraction of sp³-hybridized carbons (Fsp3) is 0.692. The molecule has 1 aliphatic heterocycles. The van der Waals surface area contributed by atoms with Gasteiger partial charge in [-0.3, -0.25) is 4.90 Å². The number of hydrogen-bond acceptors (Lipinski definition) is 5. The van der Waals surface area contributed by atoms with Gasteiger partial charge >= 0.3 is 0 Å². The molecule has 1 aliphatic rings. The molecule has 1 fully saturated rings. The van der Waals surface area contributed by atoms with Crippen LogP contribution in [0.25, 0.3) is 0 Å². The SMILES string of the molecule is Cc1cc(S(=O)(=O)N2CCCN(CCO)CC2)c(C)s1. The summed E-state index contributed by atoms with van der Waals surface area (Å²) in [4.78, 5) is 4.45. The van der Waals surface area contributed by atoms with Crippen LogP contribution in [0.4, 0.5) is 0 Å². The molecule has 114 valence electrons. The van der Waals surface area contributed by atoms with E-state index >= 15 is 0 Å². The number of sulfonamides is 1. The van der Waals surface area contributed by atoms with Crippen molar-refractivity contribution in [2.24, 2.45) is 0 Å². The Morgan fingerprint density at radius 2 is 2.00 bits per heavy atom. The van der Waals surface area contributed by atoms with E-state index in [1.165, 1.54) is 11.3 Å². The van der Waals surface area contributed by atoms with Crippen LogP contribution in [-0.2, 0) is 10.0 Å². The third kappa shape index (κ3) is 3.40. The molecule has 1 aromatic heterocycles. The topological polar surface area (TPSA) is 60.9 Å². The molecule has 0 spiro atoms. The zero-order chi connectivity index (χ0) is 14.8. The number of rotatable bonds is 4. The molecule has 0 atom stereocenters. The second-order valence-electron chi connectivity index (χ2n) is 5.10. The van der Waals surface area contributed by atoms with Gasteiger partial charge in [-0.2, -0.15) is 4.31 Å². The molecule has 0 radical (unpaired) electrons. The number of thiophene rings is 1. The molecular formula is C13H22N2O3S2. The number of β-amino-alcohol motifs (C(OH)–C–C–N with tert-alkyl or cyclic N) is 1. The summed E-state index contributed by atoms with van der Waals surface area (Å²) in [5, 5.41) is 8.98. The predicted molar refractivity (Wildman–Crippen MR) is 80.7 cm³/mol. The lowest BCUT2D eigenvalue weighted by molar-refractivity contribution is 0.202. The molecule has 2 rings (SSSR count). The minimum absolute atomic E-state index is 0.121. The van der Waals surface area contributed by atoms with Crippen molar-refractivity contribution in [2.75, 3.05) is 39.3 Å². The van der Waals surface area contributed by atoms with Crippen LogP contribution < -0.4 is 0 Å². The van der Waals surface area contributed by atoms with Gasteiger partial charge in [0.05, 0.1) is 11.5 Å².